The van der Waals surface area contributed by atoms with Gasteiger partial charge in [-0.15, -0.1) is 0 Å². The van der Waals surface area contributed by atoms with Crippen molar-refractivity contribution < 1.29 is 4.74 Å². The number of piperazine rings is 1. The summed E-state index contributed by atoms with van der Waals surface area (Å²) in [4.78, 5) is 2.44. The number of nitrogens with one attached hydrogen (secondary N) is 2. The molecule has 1 aliphatic heterocycles. The van der Waals surface area contributed by atoms with E-state index in [-0.39, 0.29) is 0 Å². The van der Waals surface area contributed by atoms with Gasteiger partial charge in [-0.2, -0.15) is 0 Å². The zero-order valence-corrected chi connectivity index (χ0v) is 11.3. The largest absolute Gasteiger partial charge is 0.496 e. The van der Waals surface area contributed by atoms with E-state index in [1.807, 2.05) is 6.07 Å². The monoisotopic (exact) mass is 249 g/mol. The molecule has 0 unspecified atom stereocenters. The van der Waals surface area contributed by atoms with E-state index in [0.717, 1.165) is 45.1 Å². The molecule has 2 N–H and O–H groups in total. The van der Waals surface area contributed by atoms with Gasteiger partial charge in [0.2, 0.25) is 0 Å². The number of hydrogen-bond donors (Lipinski definition) is 2. The topological polar surface area (TPSA) is 36.5 Å². The van der Waals surface area contributed by atoms with Gasteiger partial charge in [-0.25, -0.2) is 0 Å². The van der Waals surface area contributed by atoms with Crippen molar-refractivity contribution in [2.75, 3.05) is 40.0 Å². The summed E-state index contributed by atoms with van der Waals surface area (Å²) in [6.45, 7) is 8.43. The molecular weight excluding hydrogens is 226 g/mol. The molecular formula is C14H23N3O. The van der Waals surface area contributed by atoms with Crippen molar-refractivity contribution in [3.63, 3.8) is 0 Å². The number of aryl methyl sites for hydroxylation is 1. The van der Waals surface area contributed by atoms with Crippen LogP contribution in [0.15, 0.2) is 18.2 Å². The number of nitrogens with zero attached hydrogens (tertiary/aromatic N) is 1. The van der Waals surface area contributed by atoms with Crippen LogP contribution >= 0.6 is 0 Å². The Balaban J connectivity index is 1.77. The number of methoxy groups -OCH3 is 1. The molecule has 1 fully saturated rings. The Labute approximate surface area is 109 Å². The SMILES string of the molecule is COc1ccc(CNCN2CCNCC2)cc1C. The lowest BCUT2D eigenvalue weighted by Gasteiger charge is -2.27. The van der Waals surface area contributed by atoms with Gasteiger partial charge in [-0.05, 0) is 24.1 Å². The van der Waals surface area contributed by atoms with Crippen LogP contribution in [0.3, 0.4) is 0 Å². The second-order valence-corrected chi connectivity index (χ2v) is 4.76. The van der Waals surface area contributed by atoms with E-state index in [1.165, 1.54) is 11.1 Å². The molecule has 4 heteroatoms. The Hall–Kier alpha value is -1.10. The van der Waals surface area contributed by atoms with E-state index in [1.54, 1.807) is 7.11 Å². The normalized spacial score (nSPS) is 16.8. The Morgan fingerprint density at radius 1 is 1.33 bits per heavy atom. The predicted octanol–water partition coefficient (Wildman–Crippen LogP) is 0.956. The summed E-state index contributed by atoms with van der Waals surface area (Å²) in [6, 6.07) is 6.34. The molecule has 1 saturated heterocycles. The molecule has 1 aromatic carbocycles. The first-order chi connectivity index (χ1) is 8.79. The quantitative estimate of drug-likeness (QED) is 0.815. The summed E-state index contributed by atoms with van der Waals surface area (Å²) in [5.74, 6) is 0.959. The Kier molecular flexibility index (Phi) is 4.99. The average Bonchev–Trinajstić information content (AvgIpc) is 2.40. The molecule has 2 rings (SSSR count). The van der Waals surface area contributed by atoms with Crippen LogP contribution in [0.1, 0.15) is 11.1 Å². The lowest BCUT2D eigenvalue weighted by molar-refractivity contribution is 0.223. The number of rotatable bonds is 5. The molecule has 4 nitrogen and oxygen atoms in total. The molecule has 1 aromatic rings. The third kappa shape index (κ3) is 3.70. The smallest absolute Gasteiger partial charge is 0.121 e. The summed E-state index contributed by atoms with van der Waals surface area (Å²) in [5, 5.41) is 6.85. The molecule has 0 atom stereocenters. The van der Waals surface area contributed by atoms with Crippen LogP contribution in [0.5, 0.6) is 5.75 Å². The fraction of sp³-hybridized carbons (Fsp3) is 0.571. The maximum atomic E-state index is 5.26. The first kappa shape index (κ1) is 13.3. The van der Waals surface area contributed by atoms with E-state index in [2.05, 4.69) is 34.6 Å². The number of hydrogen-bond acceptors (Lipinski definition) is 4. The van der Waals surface area contributed by atoms with E-state index < -0.39 is 0 Å². The highest BCUT2D eigenvalue weighted by Crippen LogP contribution is 2.18. The van der Waals surface area contributed by atoms with Crippen molar-refractivity contribution in [2.24, 2.45) is 0 Å². The molecule has 0 saturated carbocycles. The van der Waals surface area contributed by atoms with Crippen LogP contribution in [-0.2, 0) is 6.54 Å². The molecule has 1 aliphatic rings. The highest BCUT2D eigenvalue weighted by Gasteiger charge is 2.08. The predicted molar refractivity (Wildman–Crippen MR) is 73.9 cm³/mol. The summed E-state index contributed by atoms with van der Waals surface area (Å²) < 4.78 is 5.26. The molecule has 0 amide bonds. The Bertz CT molecular complexity index is 375. The minimum absolute atomic E-state index is 0.911. The molecule has 0 radical (unpaired) electrons. The Morgan fingerprint density at radius 3 is 2.78 bits per heavy atom. The summed E-state index contributed by atoms with van der Waals surface area (Å²) in [5.41, 5.74) is 2.50. The highest BCUT2D eigenvalue weighted by molar-refractivity contribution is 5.36. The molecule has 100 valence electrons. The van der Waals surface area contributed by atoms with Crippen molar-refractivity contribution in [3.05, 3.63) is 29.3 Å². The second kappa shape index (κ2) is 6.73. The van der Waals surface area contributed by atoms with Gasteiger partial charge < -0.3 is 15.4 Å². The standard InChI is InChI=1S/C14H23N3O/c1-12-9-13(3-4-14(12)18-2)10-16-11-17-7-5-15-6-8-17/h3-4,9,15-16H,5-8,10-11H2,1-2H3. The van der Waals surface area contributed by atoms with Gasteiger partial charge in [0, 0.05) is 39.4 Å². The van der Waals surface area contributed by atoms with Crippen LogP contribution in [0.25, 0.3) is 0 Å². The summed E-state index contributed by atoms with van der Waals surface area (Å²) >= 11 is 0. The minimum Gasteiger partial charge on any atom is -0.496 e. The first-order valence-corrected chi connectivity index (χ1v) is 6.57. The molecule has 0 bridgehead atoms. The van der Waals surface area contributed by atoms with Crippen molar-refractivity contribution in [3.8, 4) is 5.75 Å². The molecule has 0 aromatic heterocycles. The van der Waals surface area contributed by atoms with Gasteiger partial charge in [0.05, 0.1) is 7.11 Å². The lowest BCUT2D eigenvalue weighted by Crippen LogP contribution is -2.46. The Morgan fingerprint density at radius 2 is 2.11 bits per heavy atom. The number of benzene rings is 1. The maximum Gasteiger partial charge on any atom is 0.121 e. The number of ether oxygens (including phenoxy) is 1. The summed E-state index contributed by atoms with van der Waals surface area (Å²) in [6.07, 6.45) is 0. The van der Waals surface area contributed by atoms with Gasteiger partial charge in [0.15, 0.2) is 0 Å². The van der Waals surface area contributed by atoms with Crippen LogP contribution in [0, 0.1) is 6.92 Å². The van der Waals surface area contributed by atoms with Crippen molar-refractivity contribution >= 4 is 0 Å². The molecule has 0 spiro atoms. The lowest BCUT2D eigenvalue weighted by atomic mass is 10.1. The molecule has 0 aliphatic carbocycles. The minimum atomic E-state index is 0.911. The highest BCUT2D eigenvalue weighted by atomic mass is 16.5. The van der Waals surface area contributed by atoms with E-state index >= 15 is 0 Å². The van der Waals surface area contributed by atoms with Gasteiger partial charge in [0.1, 0.15) is 5.75 Å². The van der Waals surface area contributed by atoms with Gasteiger partial charge in [-0.1, -0.05) is 12.1 Å². The third-order valence-corrected chi connectivity index (χ3v) is 3.33. The zero-order chi connectivity index (χ0) is 12.8. The van der Waals surface area contributed by atoms with Gasteiger partial charge in [-0.3, -0.25) is 4.90 Å². The maximum absolute atomic E-state index is 5.26. The van der Waals surface area contributed by atoms with Crippen molar-refractivity contribution in [1.29, 1.82) is 0 Å². The van der Waals surface area contributed by atoms with Crippen LogP contribution < -0.4 is 15.4 Å². The van der Waals surface area contributed by atoms with Crippen molar-refractivity contribution in [1.82, 2.24) is 15.5 Å². The van der Waals surface area contributed by atoms with Crippen molar-refractivity contribution in [2.45, 2.75) is 13.5 Å². The van der Waals surface area contributed by atoms with E-state index in [0.29, 0.717) is 0 Å². The van der Waals surface area contributed by atoms with E-state index in [9.17, 15) is 0 Å². The third-order valence-electron chi connectivity index (χ3n) is 3.33. The fourth-order valence-corrected chi connectivity index (χ4v) is 2.28. The van der Waals surface area contributed by atoms with Crippen LogP contribution in [0.4, 0.5) is 0 Å². The van der Waals surface area contributed by atoms with E-state index in [4.69, 9.17) is 4.74 Å². The molecule has 18 heavy (non-hydrogen) atoms. The first-order valence-electron chi connectivity index (χ1n) is 6.57. The fourth-order valence-electron chi connectivity index (χ4n) is 2.28. The summed E-state index contributed by atoms with van der Waals surface area (Å²) in [7, 11) is 1.71. The van der Waals surface area contributed by atoms with Gasteiger partial charge in [0.25, 0.3) is 0 Å². The average molecular weight is 249 g/mol. The molecule has 1 heterocycles. The van der Waals surface area contributed by atoms with Crippen LogP contribution in [0.2, 0.25) is 0 Å². The van der Waals surface area contributed by atoms with Crippen LogP contribution in [-0.4, -0.2) is 44.9 Å². The second-order valence-electron chi connectivity index (χ2n) is 4.76. The van der Waals surface area contributed by atoms with Gasteiger partial charge >= 0.3 is 0 Å². The zero-order valence-electron chi connectivity index (χ0n) is 11.3.